The van der Waals surface area contributed by atoms with Gasteiger partial charge >= 0.3 is 0 Å². The fourth-order valence-electron chi connectivity index (χ4n) is 2.22. The zero-order valence-corrected chi connectivity index (χ0v) is 14.1. The number of aromatic nitrogens is 4. The smallest absolute Gasteiger partial charge is 0.162 e. The van der Waals surface area contributed by atoms with E-state index in [-0.39, 0.29) is 5.15 Å². The molecule has 3 aromatic rings. The van der Waals surface area contributed by atoms with Crippen molar-refractivity contribution >= 4 is 33.8 Å². The number of hydrogen-bond donors (Lipinski definition) is 1. The first-order valence-corrected chi connectivity index (χ1v) is 8.01. The maximum atomic E-state index is 9.12. The summed E-state index contributed by atoms with van der Waals surface area (Å²) in [6, 6.07) is 9.96. The van der Waals surface area contributed by atoms with Gasteiger partial charge in [-0.15, -0.1) is 0 Å². The van der Waals surface area contributed by atoms with Gasteiger partial charge in [0.05, 0.1) is 6.54 Å². The monoisotopic (exact) mass is 344 g/mol. The lowest BCUT2D eigenvalue weighted by Crippen LogP contribution is -2.04. The van der Waals surface area contributed by atoms with Crippen LogP contribution in [0.3, 0.4) is 0 Å². The molecule has 0 radical (unpaired) electrons. The first kappa shape index (κ1) is 15.5. The number of benzene rings is 1. The van der Waals surface area contributed by atoms with Crippen molar-refractivity contribution in [2.45, 2.75) is 20.4 Å². The molecule has 0 saturated carbocycles. The van der Waals surface area contributed by atoms with Crippen LogP contribution in [0, 0.1) is 25.2 Å². The maximum Gasteiger partial charge on any atom is 0.162 e. The molecule has 1 N–H and O–H groups in total. The number of anilines is 2. The molecule has 2 heterocycles. The molecule has 0 unspecified atom stereocenters. The van der Waals surface area contributed by atoms with Crippen LogP contribution in [0.25, 0.3) is 0 Å². The molecule has 23 heavy (non-hydrogen) atoms. The van der Waals surface area contributed by atoms with Crippen molar-refractivity contribution in [3.63, 3.8) is 0 Å². The normalized spacial score (nSPS) is 10.5. The van der Waals surface area contributed by atoms with Crippen LogP contribution in [0.4, 0.5) is 10.7 Å². The van der Waals surface area contributed by atoms with Gasteiger partial charge in [0.2, 0.25) is 0 Å². The largest absolute Gasteiger partial charge is 0.345 e. The van der Waals surface area contributed by atoms with Crippen molar-refractivity contribution in [3.05, 3.63) is 52.2 Å². The van der Waals surface area contributed by atoms with Gasteiger partial charge in [-0.3, -0.25) is 0 Å². The highest BCUT2D eigenvalue weighted by Gasteiger charge is 2.12. The highest BCUT2D eigenvalue weighted by Crippen LogP contribution is 2.30. The van der Waals surface area contributed by atoms with Gasteiger partial charge in [-0.25, -0.2) is 9.67 Å². The Hall–Kier alpha value is -2.43. The lowest BCUT2D eigenvalue weighted by atomic mass is 10.2. The SMILES string of the molecule is Cc1nc(C)n(Cc2cccc(Nc3snc(Cl)c3C#N)c2)n1. The molecule has 0 aliphatic rings. The van der Waals surface area contributed by atoms with E-state index in [0.717, 1.165) is 22.9 Å². The minimum absolute atomic E-state index is 0.227. The third kappa shape index (κ3) is 3.33. The second kappa shape index (κ2) is 6.36. The number of halogens is 1. The second-order valence-corrected chi connectivity index (χ2v) is 6.11. The van der Waals surface area contributed by atoms with Crippen molar-refractivity contribution in [1.82, 2.24) is 19.1 Å². The second-order valence-electron chi connectivity index (χ2n) is 4.98. The van der Waals surface area contributed by atoms with E-state index >= 15 is 0 Å². The predicted octanol–water partition coefficient (Wildman–Crippen LogP) is 3.67. The van der Waals surface area contributed by atoms with Crippen LogP contribution in [0.1, 0.15) is 22.8 Å². The first-order valence-electron chi connectivity index (χ1n) is 6.86. The van der Waals surface area contributed by atoms with E-state index in [2.05, 4.69) is 25.8 Å². The molecule has 0 amide bonds. The minimum Gasteiger partial charge on any atom is -0.345 e. The van der Waals surface area contributed by atoms with Crippen LogP contribution in [0.2, 0.25) is 5.15 Å². The van der Waals surface area contributed by atoms with E-state index in [1.165, 1.54) is 11.5 Å². The molecule has 0 fully saturated rings. The highest BCUT2D eigenvalue weighted by atomic mass is 35.5. The van der Waals surface area contributed by atoms with E-state index < -0.39 is 0 Å². The van der Waals surface area contributed by atoms with Gasteiger partial charge in [-0.1, -0.05) is 23.7 Å². The van der Waals surface area contributed by atoms with E-state index in [1.54, 1.807) is 0 Å². The summed E-state index contributed by atoms with van der Waals surface area (Å²) in [6.45, 7) is 4.44. The average Bonchev–Trinajstić information content (AvgIpc) is 3.01. The molecule has 0 aliphatic carbocycles. The van der Waals surface area contributed by atoms with Crippen LogP contribution < -0.4 is 5.32 Å². The van der Waals surface area contributed by atoms with Gasteiger partial charge in [0.25, 0.3) is 0 Å². The molecule has 8 heteroatoms. The van der Waals surface area contributed by atoms with Gasteiger partial charge in [0, 0.05) is 5.69 Å². The van der Waals surface area contributed by atoms with Crippen LogP contribution >= 0.6 is 23.1 Å². The minimum atomic E-state index is 0.227. The summed E-state index contributed by atoms with van der Waals surface area (Å²) in [4.78, 5) is 4.30. The summed E-state index contributed by atoms with van der Waals surface area (Å²) < 4.78 is 5.85. The molecule has 6 nitrogen and oxygen atoms in total. The molecule has 1 aromatic carbocycles. The number of aryl methyl sites for hydroxylation is 2. The molecule has 0 bridgehead atoms. The van der Waals surface area contributed by atoms with E-state index in [4.69, 9.17) is 16.9 Å². The average molecular weight is 345 g/mol. The number of nitriles is 1. The Balaban J connectivity index is 1.83. The first-order chi connectivity index (χ1) is 11.1. The van der Waals surface area contributed by atoms with Crippen LogP contribution in [-0.4, -0.2) is 19.1 Å². The number of nitrogens with one attached hydrogen (secondary N) is 1. The van der Waals surface area contributed by atoms with Gasteiger partial charge < -0.3 is 5.32 Å². The highest BCUT2D eigenvalue weighted by molar-refractivity contribution is 7.10. The van der Waals surface area contributed by atoms with E-state index in [9.17, 15) is 0 Å². The Morgan fingerprint density at radius 1 is 1.39 bits per heavy atom. The van der Waals surface area contributed by atoms with Gasteiger partial charge in [-0.05, 0) is 43.1 Å². The summed E-state index contributed by atoms with van der Waals surface area (Å²) in [5, 5.41) is 17.6. The molecule has 3 rings (SSSR count). The third-order valence-electron chi connectivity index (χ3n) is 3.24. The van der Waals surface area contributed by atoms with Crippen molar-refractivity contribution in [3.8, 4) is 6.07 Å². The summed E-state index contributed by atoms with van der Waals surface area (Å²) in [6.07, 6.45) is 0. The van der Waals surface area contributed by atoms with Crippen molar-refractivity contribution in [2.75, 3.05) is 5.32 Å². The van der Waals surface area contributed by atoms with Crippen LogP contribution in [0.15, 0.2) is 24.3 Å². The number of hydrogen-bond acceptors (Lipinski definition) is 6. The molecule has 0 saturated heterocycles. The molecule has 0 aliphatic heterocycles. The predicted molar refractivity (Wildman–Crippen MR) is 90.2 cm³/mol. The number of nitrogens with zero attached hydrogens (tertiary/aromatic N) is 5. The Kier molecular flexibility index (Phi) is 4.28. The lowest BCUT2D eigenvalue weighted by Gasteiger charge is -2.08. The molecule has 2 aromatic heterocycles. The number of rotatable bonds is 4. The lowest BCUT2D eigenvalue weighted by molar-refractivity contribution is 0.656. The van der Waals surface area contributed by atoms with Gasteiger partial charge in [0.1, 0.15) is 28.3 Å². The quantitative estimate of drug-likeness (QED) is 0.781. The molecule has 0 spiro atoms. The Labute approximate surface area is 142 Å². The van der Waals surface area contributed by atoms with Crippen LogP contribution in [0.5, 0.6) is 0 Å². The third-order valence-corrected chi connectivity index (χ3v) is 4.38. The zero-order valence-electron chi connectivity index (χ0n) is 12.5. The van der Waals surface area contributed by atoms with Gasteiger partial charge in [-0.2, -0.15) is 14.7 Å². The van der Waals surface area contributed by atoms with E-state index in [1.807, 2.05) is 42.8 Å². The molecule has 116 valence electrons. The summed E-state index contributed by atoms with van der Waals surface area (Å²) in [7, 11) is 0. The van der Waals surface area contributed by atoms with Crippen molar-refractivity contribution < 1.29 is 0 Å². The molecule has 0 atom stereocenters. The Morgan fingerprint density at radius 3 is 2.91 bits per heavy atom. The van der Waals surface area contributed by atoms with Crippen molar-refractivity contribution in [2.24, 2.45) is 0 Å². The fraction of sp³-hybridized carbons (Fsp3) is 0.200. The van der Waals surface area contributed by atoms with Crippen molar-refractivity contribution in [1.29, 1.82) is 5.26 Å². The standard InChI is InChI=1S/C15H13ClN6S/c1-9-18-10(2)22(20-9)8-11-4-3-5-12(6-11)19-15-13(7-17)14(16)21-23-15/h3-6,19H,8H2,1-2H3. The topological polar surface area (TPSA) is 79.4 Å². The molecular formula is C15H13ClN6S. The van der Waals surface area contributed by atoms with Gasteiger partial charge in [0.15, 0.2) is 5.15 Å². The summed E-state index contributed by atoms with van der Waals surface area (Å²) in [5.41, 5.74) is 2.32. The van der Waals surface area contributed by atoms with E-state index in [0.29, 0.717) is 17.1 Å². The summed E-state index contributed by atoms with van der Waals surface area (Å²) >= 11 is 7.06. The Bertz CT molecular complexity index is 892. The Morgan fingerprint density at radius 2 is 2.22 bits per heavy atom. The summed E-state index contributed by atoms with van der Waals surface area (Å²) in [5.74, 6) is 1.64. The zero-order chi connectivity index (χ0) is 16.4. The molecular weight excluding hydrogens is 332 g/mol. The fourth-order valence-corrected chi connectivity index (χ4v) is 3.17. The maximum absolute atomic E-state index is 9.12. The van der Waals surface area contributed by atoms with Crippen LogP contribution in [-0.2, 0) is 6.54 Å².